The van der Waals surface area contributed by atoms with Gasteiger partial charge < -0.3 is 11.1 Å². The average molecular weight is 276 g/mol. The van der Waals surface area contributed by atoms with Gasteiger partial charge in [0.1, 0.15) is 11.0 Å². The number of hydrogen-bond acceptors (Lipinski definition) is 3. The van der Waals surface area contributed by atoms with Crippen LogP contribution in [0.5, 0.6) is 0 Å². The molecule has 0 aliphatic heterocycles. The number of hydrogen-bond donors (Lipinski definition) is 2. The number of nitrogen functional groups attached to an aromatic ring is 1. The van der Waals surface area contributed by atoms with E-state index in [0.29, 0.717) is 16.7 Å². The number of benzene rings is 1. The molecule has 0 bridgehead atoms. The van der Waals surface area contributed by atoms with Crippen molar-refractivity contribution in [1.29, 1.82) is 0 Å². The van der Waals surface area contributed by atoms with Gasteiger partial charge in [0.05, 0.1) is 5.92 Å². The molecule has 2 rings (SSSR count). The molecular formula is C14H14ClN3O. The maximum atomic E-state index is 12.1. The Hall–Kier alpha value is -2.07. The van der Waals surface area contributed by atoms with Crippen LogP contribution in [0, 0.1) is 0 Å². The molecule has 4 nitrogen and oxygen atoms in total. The third-order valence-corrected chi connectivity index (χ3v) is 2.98. The first-order chi connectivity index (χ1) is 9.06. The predicted molar refractivity (Wildman–Crippen MR) is 77.1 cm³/mol. The van der Waals surface area contributed by atoms with Crippen LogP contribution in [0.15, 0.2) is 42.5 Å². The van der Waals surface area contributed by atoms with Crippen molar-refractivity contribution in [1.82, 2.24) is 4.98 Å². The van der Waals surface area contributed by atoms with Crippen LogP contribution >= 0.6 is 11.6 Å². The number of rotatable bonds is 3. The van der Waals surface area contributed by atoms with Crippen LogP contribution in [0.25, 0.3) is 0 Å². The first kappa shape index (κ1) is 13.4. The van der Waals surface area contributed by atoms with Crippen LogP contribution in [0.2, 0.25) is 5.15 Å². The van der Waals surface area contributed by atoms with Crippen LogP contribution < -0.4 is 11.1 Å². The molecule has 1 amide bonds. The van der Waals surface area contributed by atoms with E-state index in [-0.39, 0.29) is 11.8 Å². The molecule has 0 aliphatic rings. The quantitative estimate of drug-likeness (QED) is 0.668. The number of nitrogens with one attached hydrogen (secondary N) is 1. The van der Waals surface area contributed by atoms with Gasteiger partial charge in [0, 0.05) is 5.69 Å². The Morgan fingerprint density at radius 1 is 1.32 bits per heavy atom. The van der Waals surface area contributed by atoms with Crippen LogP contribution in [0.4, 0.5) is 11.5 Å². The van der Waals surface area contributed by atoms with Crippen molar-refractivity contribution in [2.75, 3.05) is 11.1 Å². The molecule has 5 heteroatoms. The number of nitrogens with zero attached hydrogens (tertiary/aromatic N) is 1. The van der Waals surface area contributed by atoms with Crippen molar-refractivity contribution in [3.05, 3.63) is 53.2 Å². The minimum atomic E-state index is -0.315. The lowest BCUT2D eigenvalue weighted by Crippen LogP contribution is -2.19. The molecule has 3 N–H and O–H groups in total. The van der Waals surface area contributed by atoms with Gasteiger partial charge in [-0.05, 0) is 36.8 Å². The number of halogens is 1. The van der Waals surface area contributed by atoms with E-state index in [4.69, 9.17) is 17.3 Å². The summed E-state index contributed by atoms with van der Waals surface area (Å²) in [7, 11) is 0. The maximum Gasteiger partial charge on any atom is 0.232 e. The molecule has 0 radical (unpaired) electrons. The van der Waals surface area contributed by atoms with Gasteiger partial charge in [-0.3, -0.25) is 4.79 Å². The van der Waals surface area contributed by atoms with E-state index >= 15 is 0 Å². The third kappa shape index (κ3) is 3.45. The molecule has 0 saturated heterocycles. The van der Waals surface area contributed by atoms with Crippen molar-refractivity contribution in [3.63, 3.8) is 0 Å². The average Bonchev–Trinajstić information content (AvgIpc) is 2.38. The van der Waals surface area contributed by atoms with Crippen molar-refractivity contribution in [2.24, 2.45) is 0 Å². The van der Waals surface area contributed by atoms with Crippen LogP contribution in [-0.2, 0) is 4.79 Å². The lowest BCUT2D eigenvalue weighted by atomic mass is 10.00. The van der Waals surface area contributed by atoms with E-state index in [9.17, 15) is 4.79 Å². The molecule has 0 fully saturated rings. The van der Waals surface area contributed by atoms with Gasteiger partial charge in [-0.25, -0.2) is 4.98 Å². The zero-order chi connectivity index (χ0) is 13.8. The molecule has 0 spiro atoms. The van der Waals surface area contributed by atoms with E-state index in [1.54, 1.807) is 30.3 Å². The molecule has 98 valence electrons. The number of carbonyl (C=O) groups is 1. The Balaban J connectivity index is 2.12. The van der Waals surface area contributed by atoms with E-state index in [2.05, 4.69) is 10.3 Å². The van der Waals surface area contributed by atoms with Gasteiger partial charge in [0.25, 0.3) is 0 Å². The van der Waals surface area contributed by atoms with Crippen molar-refractivity contribution >= 4 is 29.0 Å². The van der Waals surface area contributed by atoms with E-state index in [1.807, 2.05) is 19.1 Å². The summed E-state index contributed by atoms with van der Waals surface area (Å²) in [6.07, 6.45) is 0. The lowest BCUT2D eigenvalue weighted by molar-refractivity contribution is -0.117. The lowest BCUT2D eigenvalue weighted by Gasteiger charge is -2.12. The van der Waals surface area contributed by atoms with Gasteiger partial charge in [-0.15, -0.1) is 0 Å². The summed E-state index contributed by atoms with van der Waals surface area (Å²) >= 11 is 5.77. The topological polar surface area (TPSA) is 68.0 Å². The van der Waals surface area contributed by atoms with Crippen LogP contribution in [0.1, 0.15) is 18.4 Å². The third-order valence-electron chi connectivity index (χ3n) is 2.77. The molecule has 1 unspecified atom stereocenters. The zero-order valence-electron chi connectivity index (χ0n) is 10.4. The molecule has 1 aromatic heterocycles. The monoisotopic (exact) mass is 275 g/mol. The van der Waals surface area contributed by atoms with Gasteiger partial charge in [0.15, 0.2) is 0 Å². The second-order valence-corrected chi connectivity index (χ2v) is 4.61. The number of nitrogens with two attached hydrogens (primary N) is 1. The summed E-state index contributed by atoms with van der Waals surface area (Å²) in [5, 5.41) is 3.07. The normalized spacial score (nSPS) is 11.9. The van der Waals surface area contributed by atoms with Crippen molar-refractivity contribution in [3.8, 4) is 0 Å². The van der Waals surface area contributed by atoms with Gasteiger partial charge >= 0.3 is 0 Å². The predicted octanol–water partition coefficient (Wildman–Crippen LogP) is 3.06. The van der Waals surface area contributed by atoms with Gasteiger partial charge in [-0.2, -0.15) is 0 Å². The van der Waals surface area contributed by atoms with E-state index in [0.717, 1.165) is 5.56 Å². The molecule has 1 heterocycles. The number of anilines is 2. The Morgan fingerprint density at radius 3 is 2.74 bits per heavy atom. The number of carbonyl (C=O) groups excluding carboxylic acids is 1. The minimum absolute atomic E-state index is 0.152. The standard InChI is InChI=1S/C14H14ClN3O/c1-9(10-4-2-5-11(16)8-10)14(19)18-13-7-3-6-12(15)17-13/h2-9H,16H2,1H3,(H,17,18,19). The van der Waals surface area contributed by atoms with Crippen LogP contribution in [0.3, 0.4) is 0 Å². The first-order valence-corrected chi connectivity index (χ1v) is 6.23. The second kappa shape index (κ2) is 5.71. The molecule has 0 saturated carbocycles. The smallest absolute Gasteiger partial charge is 0.232 e. The van der Waals surface area contributed by atoms with E-state index in [1.165, 1.54) is 0 Å². The summed E-state index contributed by atoms with van der Waals surface area (Å²) in [5.41, 5.74) is 7.21. The van der Waals surface area contributed by atoms with E-state index < -0.39 is 0 Å². The second-order valence-electron chi connectivity index (χ2n) is 4.23. The highest BCUT2D eigenvalue weighted by atomic mass is 35.5. The molecular weight excluding hydrogens is 262 g/mol. The largest absolute Gasteiger partial charge is 0.399 e. The Kier molecular flexibility index (Phi) is 4.02. The molecule has 1 atom stereocenters. The molecule has 19 heavy (non-hydrogen) atoms. The van der Waals surface area contributed by atoms with Crippen molar-refractivity contribution in [2.45, 2.75) is 12.8 Å². The minimum Gasteiger partial charge on any atom is -0.399 e. The highest BCUT2D eigenvalue weighted by molar-refractivity contribution is 6.29. The van der Waals surface area contributed by atoms with Crippen LogP contribution in [-0.4, -0.2) is 10.9 Å². The fraction of sp³-hybridized carbons (Fsp3) is 0.143. The summed E-state index contributed by atoms with van der Waals surface area (Å²) < 4.78 is 0. The van der Waals surface area contributed by atoms with Crippen molar-refractivity contribution < 1.29 is 4.79 Å². The fourth-order valence-corrected chi connectivity index (χ4v) is 1.86. The summed E-state index contributed by atoms with van der Waals surface area (Å²) in [5.74, 6) is -0.0297. The highest BCUT2D eigenvalue weighted by Gasteiger charge is 2.15. The zero-order valence-corrected chi connectivity index (χ0v) is 11.2. The highest BCUT2D eigenvalue weighted by Crippen LogP contribution is 2.19. The molecule has 0 aliphatic carbocycles. The molecule has 2 aromatic rings. The fourth-order valence-electron chi connectivity index (χ4n) is 1.69. The summed E-state index contributed by atoms with van der Waals surface area (Å²) in [4.78, 5) is 16.1. The maximum absolute atomic E-state index is 12.1. The number of aromatic nitrogens is 1. The Morgan fingerprint density at radius 2 is 2.05 bits per heavy atom. The summed E-state index contributed by atoms with van der Waals surface area (Å²) in [6.45, 7) is 1.81. The van der Waals surface area contributed by atoms with Gasteiger partial charge in [-0.1, -0.05) is 29.8 Å². The Bertz CT molecular complexity index is 601. The summed E-state index contributed by atoms with van der Waals surface area (Å²) in [6, 6.07) is 12.3. The van der Waals surface area contributed by atoms with Gasteiger partial charge in [0.2, 0.25) is 5.91 Å². The number of pyridine rings is 1. The number of amides is 1. The Labute approximate surface area is 116 Å². The molecule has 1 aromatic carbocycles. The first-order valence-electron chi connectivity index (χ1n) is 5.85. The SMILES string of the molecule is CC(C(=O)Nc1cccc(Cl)n1)c1cccc(N)c1.